The van der Waals surface area contributed by atoms with Crippen molar-refractivity contribution in [1.29, 1.82) is 0 Å². The van der Waals surface area contributed by atoms with Crippen molar-refractivity contribution < 1.29 is 0 Å². The number of rotatable bonds is 4. The maximum Gasteiger partial charge on any atom is 0.110 e. The van der Waals surface area contributed by atoms with Gasteiger partial charge in [0, 0.05) is 30.9 Å². The van der Waals surface area contributed by atoms with Crippen LogP contribution in [0.15, 0.2) is 12.4 Å². The van der Waals surface area contributed by atoms with Crippen LogP contribution in [0.25, 0.3) is 0 Å². The quantitative estimate of drug-likeness (QED) is 0.872. The molecule has 0 bridgehead atoms. The van der Waals surface area contributed by atoms with E-state index < -0.39 is 0 Å². The average molecular weight is 235 g/mol. The van der Waals surface area contributed by atoms with Crippen LogP contribution in [-0.4, -0.2) is 15.1 Å². The van der Waals surface area contributed by atoms with Gasteiger partial charge in [-0.3, -0.25) is 0 Å². The van der Waals surface area contributed by atoms with Crippen LogP contribution >= 0.6 is 0 Å². The highest BCUT2D eigenvalue weighted by Crippen LogP contribution is 2.45. The molecule has 1 saturated carbocycles. The van der Waals surface area contributed by atoms with Gasteiger partial charge in [0.2, 0.25) is 0 Å². The molecule has 3 heteroatoms. The Labute approximate surface area is 104 Å². The minimum Gasteiger partial charge on any atom is -0.335 e. The summed E-state index contributed by atoms with van der Waals surface area (Å²) in [6.45, 7) is 7.84. The standard InChI is InChI=1S/C14H25N3/c1-4-9-17-10-8-16-12(17)11-14(15)7-5-6-13(14,2)3/h8,10H,4-7,9,11,15H2,1-3H3. The Hall–Kier alpha value is -0.830. The Kier molecular flexibility index (Phi) is 3.30. The fourth-order valence-electron chi connectivity index (χ4n) is 2.99. The fourth-order valence-corrected chi connectivity index (χ4v) is 2.99. The molecule has 3 nitrogen and oxygen atoms in total. The molecule has 1 aromatic heterocycles. The normalized spacial score (nSPS) is 27.5. The molecule has 0 saturated heterocycles. The predicted octanol–water partition coefficient (Wildman–Crippen LogP) is 2.74. The molecule has 0 amide bonds. The van der Waals surface area contributed by atoms with Crippen molar-refractivity contribution in [3.05, 3.63) is 18.2 Å². The zero-order valence-electron chi connectivity index (χ0n) is 11.4. The average Bonchev–Trinajstić information content (AvgIpc) is 2.75. The maximum atomic E-state index is 6.64. The molecule has 17 heavy (non-hydrogen) atoms. The van der Waals surface area contributed by atoms with Crippen molar-refractivity contribution in [2.75, 3.05) is 0 Å². The number of imidazole rings is 1. The van der Waals surface area contributed by atoms with E-state index in [0.717, 1.165) is 31.6 Å². The first-order chi connectivity index (χ1) is 7.98. The highest BCUT2D eigenvalue weighted by atomic mass is 15.1. The van der Waals surface area contributed by atoms with E-state index in [1.165, 1.54) is 12.8 Å². The van der Waals surface area contributed by atoms with Crippen molar-refractivity contribution in [2.45, 2.75) is 65.0 Å². The third-order valence-electron chi connectivity index (χ3n) is 4.51. The van der Waals surface area contributed by atoms with E-state index in [2.05, 4.69) is 36.5 Å². The number of nitrogens with zero attached hydrogens (tertiary/aromatic N) is 2. The van der Waals surface area contributed by atoms with Gasteiger partial charge in [-0.25, -0.2) is 4.98 Å². The lowest BCUT2D eigenvalue weighted by atomic mass is 9.73. The highest BCUT2D eigenvalue weighted by molar-refractivity contribution is 5.09. The van der Waals surface area contributed by atoms with Crippen molar-refractivity contribution in [1.82, 2.24) is 9.55 Å². The molecule has 1 fully saturated rings. The maximum absolute atomic E-state index is 6.64. The number of aryl methyl sites for hydroxylation is 1. The molecule has 1 aliphatic rings. The summed E-state index contributed by atoms with van der Waals surface area (Å²) < 4.78 is 2.25. The van der Waals surface area contributed by atoms with Crippen LogP contribution in [0.4, 0.5) is 0 Å². The second kappa shape index (κ2) is 4.45. The molecule has 1 aromatic rings. The Morgan fingerprint density at radius 1 is 1.41 bits per heavy atom. The molecule has 1 unspecified atom stereocenters. The van der Waals surface area contributed by atoms with Gasteiger partial charge in [0.1, 0.15) is 5.82 Å². The summed E-state index contributed by atoms with van der Waals surface area (Å²) in [5, 5.41) is 0. The van der Waals surface area contributed by atoms with Gasteiger partial charge in [-0.2, -0.15) is 0 Å². The molecular weight excluding hydrogens is 210 g/mol. The third kappa shape index (κ3) is 2.25. The molecule has 1 heterocycles. The van der Waals surface area contributed by atoms with Crippen LogP contribution in [0.3, 0.4) is 0 Å². The summed E-state index contributed by atoms with van der Waals surface area (Å²) in [7, 11) is 0. The van der Waals surface area contributed by atoms with E-state index >= 15 is 0 Å². The van der Waals surface area contributed by atoms with Crippen molar-refractivity contribution in [3.8, 4) is 0 Å². The summed E-state index contributed by atoms with van der Waals surface area (Å²) in [5.74, 6) is 1.16. The number of hydrogen-bond donors (Lipinski definition) is 1. The van der Waals surface area contributed by atoms with Crippen LogP contribution in [0.1, 0.15) is 52.3 Å². The van der Waals surface area contributed by atoms with Crippen LogP contribution in [0.2, 0.25) is 0 Å². The molecule has 96 valence electrons. The van der Waals surface area contributed by atoms with Crippen molar-refractivity contribution in [2.24, 2.45) is 11.1 Å². The lowest BCUT2D eigenvalue weighted by Gasteiger charge is -2.38. The van der Waals surface area contributed by atoms with E-state index in [0.29, 0.717) is 0 Å². The Morgan fingerprint density at radius 3 is 2.76 bits per heavy atom. The van der Waals surface area contributed by atoms with Gasteiger partial charge in [0.05, 0.1) is 0 Å². The lowest BCUT2D eigenvalue weighted by molar-refractivity contribution is 0.202. The van der Waals surface area contributed by atoms with Crippen LogP contribution in [-0.2, 0) is 13.0 Å². The number of aromatic nitrogens is 2. The second-order valence-corrected chi connectivity index (χ2v) is 6.11. The van der Waals surface area contributed by atoms with Crippen LogP contribution < -0.4 is 5.73 Å². The zero-order valence-corrected chi connectivity index (χ0v) is 11.4. The molecule has 2 rings (SSSR count). The van der Waals surface area contributed by atoms with Gasteiger partial charge >= 0.3 is 0 Å². The predicted molar refractivity (Wildman–Crippen MR) is 70.8 cm³/mol. The van der Waals surface area contributed by atoms with E-state index in [1.807, 2.05) is 6.20 Å². The third-order valence-corrected chi connectivity index (χ3v) is 4.51. The number of hydrogen-bond acceptors (Lipinski definition) is 2. The Balaban J connectivity index is 2.17. The van der Waals surface area contributed by atoms with Crippen molar-refractivity contribution >= 4 is 0 Å². The molecule has 1 atom stereocenters. The van der Waals surface area contributed by atoms with Gasteiger partial charge in [-0.1, -0.05) is 27.2 Å². The molecule has 0 spiro atoms. The minimum atomic E-state index is -0.0795. The van der Waals surface area contributed by atoms with Gasteiger partial charge in [-0.15, -0.1) is 0 Å². The first-order valence-corrected chi connectivity index (χ1v) is 6.77. The Morgan fingerprint density at radius 2 is 2.18 bits per heavy atom. The highest BCUT2D eigenvalue weighted by Gasteiger charge is 2.46. The van der Waals surface area contributed by atoms with Gasteiger partial charge in [-0.05, 0) is 24.7 Å². The van der Waals surface area contributed by atoms with Gasteiger partial charge in [0.25, 0.3) is 0 Å². The molecule has 1 aliphatic carbocycles. The largest absolute Gasteiger partial charge is 0.335 e. The van der Waals surface area contributed by atoms with Gasteiger partial charge < -0.3 is 10.3 Å². The second-order valence-electron chi connectivity index (χ2n) is 6.11. The monoisotopic (exact) mass is 235 g/mol. The smallest absolute Gasteiger partial charge is 0.110 e. The summed E-state index contributed by atoms with van der Waals surface area (Å²) in [5.41, 5.74) is 6.79. The van der Waals surface area contributed by atoms with Gasteiger partial charge in [0.15, 0.2) is 0 Å². The lowest BCUT2D eigenvalue weighted by Crippen LogP contribution is -2.51. The molecular formula is C14H25N3. The van der Waals surface area contributed by atoms with Crippen LogP contribution in [0.5, 0.6) is 0 Å². The minimum absolute atomic E-state index is 0.0795. The summed E-state index contributed by atoms with van der Waals surface area (Å²) in [4.78, 5) is 4.49. The SMILES string of the molecule is CCCn1ccnc1CC1(N)CCCC1(C)C. The van der Waals surface area contributed by atoms with Crippen molar-refractivity contribution in [3.63, 3.8) is 0 Å². The summed E-state index contributed by atoms with van der Waals surface area (Å²) >= 11 is 0. The fraction of sp³-hybridized carbons (Fsp3) is 0.786. The van der Waals surface area contributed by atoms with E-state index in [9.17, 15) is 0 Å². The summed E-state index contributed by atoms with van der Waals surface area (Å²) in [6, 6.07) is 0. The molecule has 2 N–H and O–H groups in total. The molecule has 0 aromatic carbocycles. The first kappa shape index (κ1) is 12.6. The molecule has 0 aliphatic heterocycles. The summed E-state index contributed by atoms with van der Waals surface area (Å²) in [6.07, 6.45) is 9.63. The number of nitrogens with two attached hydrogens (primary N) is 1. The van der Waals surface area contributed by atoms with E-state index in [1.54, 1.807) is 0 Å². The first-order valence-electron chi connectivity index (χ1n) is 6.77. The molecule has 0 radical (unpaired) electrons. The Bertz CT molecular complexity index is 381. The zero-order chi connectivity index (χ0) is 12.5. The van der Waals surface area contributed by atoms with E-state index in [-0.39, 0.29) is 11.0 Å². The van der Waals surface area contributed by atoms with Crippen LogP contribution in [0, 0.1) is 5.41 Å². The van der Waals surface area contributed by atoms with E-state index in [4.69, 9.17) is 5.73 Å². The topological polar surface area (TPSA) is 43.8 Å².